The molecule has 0 saturated carbocycles. The van der Waals surface area contributed by atoms with Gasteiger partial charge in [-0.05, 0) is 42.5 Å². The van der Waals surface area contributed by atoms with Crippen molar-refractivity contribution in [2.45, 2.75) is 0 Å². The molecule has 108 valence electrons. The average molecular weight is 327 g/mol. The second-order valence-electron chi connectivity index (χ2n) is 4.02. The van der Waals surface area contributed by atoms with Gasteiger partial charge in [0.2, 0.25) is 0 Å². The zero-order valence-corrected chi connectivity index (χ0v) is 12.1. The van der Waals surface area contributed by atoms with Crippen LogP contribution in [0.2, 0.25) is 5.02 Å². The van der Waals surface area contributed by atoms with Gasteiger partial charge in [-0.2, -0.15) is 0 Å². The van der Waals surface area contributed by atoms with Crippen LogP contribution in [0.3, 0.4) is 0 Å². The summed E-state index contributed by atoms with van der Waals surface area (Å²) in [4.78, 5) is 11.8. The summed E-state index contributed by atoms with van der Waals surface area (Å²) in [6.07, 6.45) is 0. The molecule has 0 aromatic heterocycles. The summed E-state index contributed by atoms with van der Waals surface area (Å²) in [5.41, 5.74) is 0.277. The van der Waals surface area contributed by atoms with Gasteiger partial charge in [0.05, 0.1) is 10.6 Å². The van der Waals surface area contributed by atoms with E-state index in [-0.39, 0.29) is 15.7 Å². The lowest BCUT2D eigenvalue weighted by Crippen LogP contribution is -2.34. The minimum Gasteiger partial charge on any atom is -0.332 e. The summed E-state index contributed by atoms with van der Waals surface area (Å²) in [5.74, 6) is -1.90. The van der Waals surface area contributed by atoms with E-state index in [9.17, 15) is 13.6 Å². The summed E-state index contributed by atoms with van der Waals surface area (Å²) in [6.45, 7) is 0. The van der Waals surface area contributed by atoms with Crippen molar-refractivity contribution >= 4 is 40.5 Å². The molecule has 2 aromatic carbocycles. The molecule has 0 unspecified atom stereocenters. The van der Waals surface area contributed by atoms with Crippen molar-refractivity contribution < 1.29 is 13.6 Å². The molecule has 3 nitrogen and oxygen atoms in total. The quantitative estimate of drug-likeness (QED) is 0.826. The van der Waals surface area contributed by atoms with Crippen LogP contribution in [0.15, 0.2) is 42.5 Å². The van der Waals surface area contributed by atoms with Crippen molar-refractivity contribution in [3.8, 4) is 0 Å². The number of halogens is 3. The second-order valence-corrected chi connectivity index (χ2v) is 4.83. The normalized spacial score (nSPS) is 10.0. The number of anilines is 1. The van der Waals surface area contributed by atoms with E-state index in [2.05, 4.69) is 10.6 Å². The van der Waals surface area contributed by atoms with Gasteiger partial charge in [0.25, 0.3) is 5.91 Å². The van der Waals surface area contributed by atoms with Gasteiger partial charge in [-0.1, -0.05) is 23.7 Å². The zero-order valence-electron chi connectivity index (χ0n) is 10.5. The first kappa shape index (κ1) is 15.3. The third-order valence-corrected chi connectivity index (χ3v) is 3.02. The van der Waals surface area contributed by atoms with Crippen molar-refractivity contribution in [1.82, 2.24) is 5.32 Å². The lowest BCUT2D eigenvalue weighted by atomic mass is 10.2. The Morgan fingerprint density at radius 1 is 1.10 bits per heavy atom. The minimum absolute atomic E-state index is 0.0501. The maximum Gasteiger partial charge on any atom is 0.260 e. The van der Waals surface area contributed by atoms with Crippen LogP contribution < -0.4 is 10.6 Å². The van der Waals surface area contributed by atoms with Gasteiger partial charge < -0.3 is 5.32 Å². The number of thiocarbonyl (C=S) groups is 1. The first-order valence-electron chi connectivity index (χ1n) is 5.79. The summed E-state index contributed by atoms with van der Waals surface area (Å²) in [5, 5.41) is 4.85. The molecular formula is C14H9ClF2N2OS. The minimum atomic E-state index is -0.682. The zero-order chi connectivity index (χ0) is 15.4. The van der Waals surface area contributed by atoms with Crippen LogP contribution in [-0.4, -0.2) is 11.0 Å². The topological polar surface area (TPSA) is 41.1 Å². The van der Waals surface area contributed by atoms with Gasteiger partial charge in [-0.3, -0.25) is 10.1 Å². The Balaban J connectivity index is 2.03. The van der Waals surface area contributed by atoms with Gasteiger partial charge >= 0.3 is 0 Å². The van der Waals surface area contributed by atoms with E-state index < -0.39 is 17.5 Å². The smallest absolute Gasteiger partial charge is 0.260 e. The highest BCUT2D eigenvalue weighted by Gasteiger charge is 2.12. The number of amides is 1. The van der Waals surface area contributed by atoms with Crippen LogP contribution in [0.5, 0.6) is 0 Å². The van der Waals surface area contributed by atoms with Crippen LogP contribution in [0.4, 0.5) is 14.5 Å². The highest BCUT2D eigenvalue weighted by molar-refractivity contribution is 7.80. The molecule has 7 heteroatoms. The predicted molar refractivity (Wildman–Crippen MR) is 81.5 cm³/mol. The molecule has 2 aromatic rings. The van der Waals surface area contributed by atoms with E-state index >= 15 is 0 Å². The Labute approximate surface area is 129 Å². The van der Waals surface area contributed by atoms with Gasteiger partial charge in [-0.15, -0.1) is 0 Å². The fourth-order valence-electron chi connectivity index (χ4n) is 1.55. The molecule has 0 bridgehead atoms. The number of hydrogen-bond acceptors (Lipinski definition) is 2. The molecule has 2 N–H and O–H groups in total. The fourth-order valence-corrected chi connectivity index (χ4v) is 1.94. The van der Waals surface area contributed by atoms with Crippen molar-refractivity contribution in [2.24, 2.45) is 0 Å². The standard InChI is InChI=1S/C14H9ClF2N2OS/c15-10-7-8(5-6-12(10)17)18-14(21)19-13(20)9-3-1-2-4-11(9)16/h1-7H,(H2,18,19,20,21). The third kappa shape index (κ3) is 3.96. The van der Waals surface area contributed by atoms with E-state index in [0.29, 0.717) is 5.69 Å². The number of carbonyl (C=O) groups excluding carboxylic acids is 1. The SMILES string of the molecule is O=C(NC(=S)Nc1ccc(F)c(Cl)c1)c1ccccc1F. The van der Waals surface area contributed by atoms with E-state index in [1.165, 1.54) is 36.4 Å². The van der Waals surface area contributed by atoms with Crippen LogP contribution in [0.25, 0.3) is 0 Å². The van der Waals surface area contributed by atoms with Crippen molar-refractivity contribution in [3.05, 3.63) is 64.7 Å². The van der Waals surface area contributed by atoms with Crippen LogP contribution in [0, 0.1) is 11.6 Å². The van der Waals surface area contributed by atoms with Crippen molar-refractivity contribution in [2.75, 3.05) is 5.32 Å². The van der Waals surface area contributed by atoms with Crippen LogP contribution in [-0.2, 0) is 0 Å². The van der Waals surface area contributed by atoms with E-state index in [4.69, 9.17) is 23.8 Å². The Bertz CT molecular complexity index is 709. The highest BCUT2D eigenvalue weighted by Crippen LogP contribution is 2.19. The summed E-state index contributed by atoms with van der Waals surface area (Å²) in [6, 6.07) is 9.40. The molecule has 0 aliphatic carbocycles. The van der Waals surface area contributed by atoms with Gasteiger partial charge in [0, 0.05) is 5.69 Å². The molecule has 0 aliphatic heterocycles. The molecular weight excluding hydrogens is 318 g/mol. The maximum absolute atomic E-state index is 13.4. The largest absolute Gasteiger partial charge is 0.332 e. The second kappa shape index (κ2) is 6.60. The molecule has 0 radical (unpaired) electrons. The summed E-state index contributed by atoms with van der Waals surface area (Å²) >= 11 is 10.6. The molecule has 0 spiro atoms. The molecule has 2 rings (SSSR count). The third-order valence-electron chi connectivity index (χ3n) is 2.52. The molecule has 21 heavy (non-hydrogen) atoms. The van der Waals surface area contributed by atoms with Crippen LogP contribution >= 0.6 is 23.8 Å². The van der Waals surface area contributed by atoms with Crippen LogP contribution in [0.1, 0.15) is 10.4 Å². The average Bonchev–Trinajstić information content (AvgIpc) is 2.43. The summed E-state index contributed by atoms with van der Waals surface area (Å²) < 4.78 is 26.4. The number of hydrogen-bond donors (Lipinski definition) is 2. The molecule has 1 amide bonds. The molecule has 0 fully saturated rings. The first-order valence-corrected chi connectivity index (χ1v) is 6.58. The van der Waals surface area contributed by atoms with E-state index in [0.717, 1.165) is 6.07 Å². The van der Waals surface area contributed by atoms with Gasteiger partial charge in [0.1, 0.15) is 11.6 Å². The van der Waals surface area contributed by atoms with E-state index in [1.54, 1.807) is 0 Å². The van der Waals surface area contributed by atoms with Crippen molar-refractivity contribution in [3.63, 3.8) is 0 Å². The number of nitrogens with one attached hydrogen (secondary N) is 2. The number of carbonyl (C=O) groups is 1. The first-order chi connectivity index (χ1) is 9.97. The number of rotatable bonds is 2. The fraction of sp³-hybridized carbons (Fsp3) is 0. The highest BCUT2D eigenvalue weighted by atomic mass is 35.5. The van der Waals surface area contributed by atoms with Gasteiger partial charge in [0.15, 0.2) is 5.11 Å². The number of benzene rings is 2. The van der Waals surface area contributed by atoms with Crippen molar-refractivity contribution in [1.29, 1.82) is 0 Å². The Morgan fingerprint density at radius 2 is 1.81 bits per heavy atom. The van der Waals surface area contributed by atoms with Gasteiger partial charge in [-0.25, -0.2) is 8.78 Å². The molecule has 0 atom stereocenters. The molecule has 0 aliphatic rings. The Kier molecular flexibility index (Phi) is 4.82. The predicted octanol–water partition coefficient (Wildman–Crippen LogP) is 3.75. The Morgan fingerprint density at radius 3 is 2.48 bits per heavy atom. The molecule has 0 saturated heterocycles. The lowest BCUT2D eigenvalue weighted by Gasteiger charge is -2.10. The lowest BCUT2D eigenvalue weighted by molar-refractivity contribution is 0.0974. The Hall–Kier alpha value is -2.05. The summed E-state index contributed by atoms with van der Waals surface area (Å²) in [7, 11) is 0. The monoisotopic (exact) mass is 326 g/mol. The van der Waals surface area contributed by atoms with E-state index in [1.807, 2.05) is 0 Å². The maximum atomic E-state index is 13.4. The molecule has 0 heterocycles.